The predicted octanol–water partition coefficient (Wildman–Crippen LogP) is 6.02. The summed E-state index contributed by atoms with van der Waals surface area (Å²) in [5.74, 6) is 0.240. The average Bonchev–Trinajstić information content (AvgIpc) is 2.94. The van der Waals surface area contributed by atoms with Gasteiger partial charge in [0.05, 0.1) is 19.3 Å². The summed E-state index contributed by atoms with van der Waals surface area (Å²) in [6, 6.07) is 31.6. The number of methoxy groups -OCH3 is 1. The lowest BCUT2D eigenvalue weighted by atomic mass is 9.94. The lowest BCUT2D eigenvalue weighted by Crippen LogP contribution is -2.67. The molecule has 0 aliphatic rings. The Morgan fingerprint density at radius 1 is 0.667 bits per heavy atom. The molecule has 0 fully saturated rings. The summed E-state index contributed by atoms with van der Waals surface area (Å²) >= 11 is 0. The minimum Gasteiger partial charge on any atom is -0.407 e. The van der Waals surface area contributed by atoms with Crippen LogP contribution in [-0.4, -0.2) is 48.3 Å². The Kier molecular flexibility index (Phi) is 12.4. The molecule has 3 atom stereocenters. The van der Waals surface area contributed by atoms with Gasteiger partial charge in [-0.25, -0.2) is 0 Å². The van der Waals surface area contributed by atoms with E-state index in [1.54, 1.807) is 7.11 Å². The van der Waals surface area contributed by atoms with Crippen LogP contribution >= 0.6 is 0 Å². The highest BCUT2D eigenvalue weighted by Gasteiger charge is 2.50. The average molecular weight is 551 g/mol. The van der Waals surface area contributed by atoms with Crippen molar-refractivity contribution in [3.8, 4) is 0 Å². The van der Waals surface area contributed by atoms with Crippen LogP contribution in [0.4, 0.5) is 0 Å². The van der Waals surface area contributed by atoms with E-state index in [1.165, 1.54) is 10.4 Å². The molecule has 3 aromatic rings. The van der Waals surface area contributed by atoms with Gasteiger partial charge in [0.2, 0.25) is 0 Å². The van der Waals surface area contributed by atoms with Crippen molar-refractivity contribution in [3.63, 3.8) is 0 Å². The van der Waals surface area contributed by atoms with Crippen LogP contribution in [0.2, 0.25) is 5.04 Å². The summed E-state index contributed by atoms with van der Waals surface area (Å²) in [5, 5.41) is 2.47. The van der Waals surface area contributed by atoms with Crippen LogP contribution < -0.4 is 10.4 Å². The maximum absolute atomic E-state index is 7.18. The molecule has 0 radical (unpaired) electrons. The van der Waals surface area contributed by atoms with E-state index in [9.17, 15) is 0 Å². The molecule has 5 nitrogen and oxygen atoms in total. The van der Waals surface area contributed by atoms with E-state index in [0.29, 0.717) is 19.8 Å². The first-order valence-corrected chi connectivity index (χ1v) is 15.8. The summed E-state index contributed by atoms with van der Waals surface area (Å²) in [4.78, 5) is 0. The highest BCUT2D eigenvalue weighted by atomic mass is 28.4. The number of rotatable bonds is 16. The third-order valence-corrected chi connectivity index (χ3v) is 12.1. The van der Waals surface area contributed by atoms with Crippen LogP contribution in [0.3, 0.4) is 0 Å². The first-order chi connectivity index (χ1) is 18.8. The third-order valence-electron chi connectivity index (χ3n) is 7.14. The summed E-state index contributed by atoms with van der Waals surface area (Å²) in [7, 11) is -0.978. The highest BCUT2D eigenvalue weighted by Crippen LogP contribution is 2.37. The van der Waals surface area contributed by atoms with Crippen LogP contribution in [-0.2, 0) is 30.0 Å². The van der Waals surface area contributed by atoms with Crippen LogP contribution in [0.5, 0.6) is 0 Å². The van der Waals surface area contributed by atoms with E-state index >= 15 is 0 Å². The normalized spacial score (nSPS) is 14.6. The van der Waals surface area contributed by atoms with E-state index in [4.69, 9.17) is 23.4 Å². The van der Waals surface area contributed by atoms with E-state index in [2.05, 4.69) is 95.3 Å². The number of ether oxygens (including phenoxy) is 4. The highest BCUT2D eigenvalue weighted by molar-refractivity contribution is 6.99. The number of hydrogen-bond acceptors (Lipinski definition) is 5. The topological polar surface area (TPSA) is 46.2 Å². The Morgan fingerprint density at radius 3 is 1.69 bits per heavy atom. The SMILES string of the molecule is COCO[C@H]([C@@H](C)COCOCc1ccccc1)[C@@H](C)CO[Si](c1ccccc1)(c1ccccc1)C(C)(C)C. The molecule has 0 heterocycles. The molecule has 0 aromatic heterocycles. The fourth-order valence-corrected chi connectivity index (χ4v) is 9.94. The molecule has 0 spiro atoms. The lowest BCUT2D eigenvalue weighted by molar-refractivity contribution is -0.135. The first kappa shape index (κ1) is 31.2. The summed E-state index contributed by atoms with van der Waals surface area (Å²) in [5.41, 5.74) is 1.13. The molecule has 0 saturated carbocycles. The molecule has 212 valence electrons. The van der Waals surface area contributed by atoms with Gasteiger partial charge >= 0.3 is 0 Å². The summed E-state index contributed by atoms with van der Waals surface area (Å²) in [6.07, 6.45) is -0.0997. The zero-order valence-electron chi connectivity index (χ0n) is 24.5. The van der Waals surface area contributed by atoms with Crippen molar-refractivity contribution >= 4 is 18.7 Å². The lowest BCUT2D eigenvalue weighted by Gasteiger charge is -2.44. The van der Waals surface area contributed by atoms with Gasteiger partial charge in [0.15, 0.2) is 0 Å². The molecule has 3 aromatic carbocycles. The van der Waals surface area contributed by atoms with Gasteiger partial charge in [0.1, 0.15) is 13.6 Å². The molecule has 0 aliphatic carbocycles. The van der Waals surface area contributed by atoms with Crippen molar-refractivity contribution in [2.75, 3.05) is 33.9 Å². The third kappa shape index (κ3) is 8.58. The van der Waals surface area contributed by atoms with Gasteiger partial charge in [-0.05, 0) is 21.0 Å². The van der Waals surface area contributed by atoms with Crippen molar-refractivity contribution < 1.29 is 23.4 Å². The molecule has 6 heteroatoms. The second-order valence-electron chi connectivity index (χ2n) is 11.3. The largest absolute Gasteiger partial charge is 0.407 e. The smallest absolute Gasteiger partial charge is 0.261 e. The van der Waals surface area contributed by atoms with E-state index < -0.39 is 8.32 Å². The van der Waals surface area contributed by atoms with Gasteiger partial charge in [-0.1, -0.05) is 126 Å². The fraction of sp³-hybridized carbons (Fsp3) is 0.455. The van der Waals surface area contributed by atoms with Crippen LogP contribution in [0.1, 0.15) is 40.2 Å². The minimum absolute atomic E-state index is 0.0802. The fourth-order valence-electron chi connectivity index (χ4n) is 5.27. The van der Waals surface area contributed by atoms with Gasteiger partial charge in [-0.2, -0.15) is 0 Å². The minimum atomic E-state index is -2.63. The van der Waals surface area contributed by atoms with Crippen LogP contribution in [0, 0.1) is 11.8 Å². The van der Waals surface area contributed by atoms with E-state index in [1.807, 2.05) is 30.3 Å². The molecule has 3 rings (SSSR count). The van der Waals surface area contributed by atoms with E-state index in [0.717, 1.165) is 5.56 Å². The summed E-state index contributed by atoms with van der Waals surface area (Å²) in [6.45, 7) is 13.3. The maximum Gasteiger partial charge on any atom is 0.261 e. The Balaban J connectivity index is 1.71. The molecule has 0 unspecified atom stereocenters. The van der Waals surface area contributed by atoms with Crippen molar-refractivity contribution in [1.82, 2.24) is 0 Å². The van der Waals surface area contributed by atoms with Crippen LogP contribution in [0.15, 0.2) is 91.0 Å². The molecule has 0 bridgehead atoms. The van der Waals surface area contributed by atoms with Crippen molar-refractivity contribution in [3.05, 3.63) is 96.6 Å². The summed E-state index contributed by atoms with van der Waals surface area (Å²) < 4.78 is 30.3. The van der Waals surface area contributed by atoms with Gasteiger partial charge in [-0.15, -0.1) is 0 Å². The molecule has 0 saturated heterocycles. The molecule has 39 heavy (non-hydrogen) atoms. The van der Waals surface area contributed by atoms with Crippen molar-refractivity contribution in [1.29, 1.82) is 0 Å². The Bertz CT molecular complexity index is 1020. The molecule has 0 N–H and O–H groups in total. The van der Waals surface area contributed by atoms with Gasteiger partial charge < -0.3 is 23.4 Å². The van der Waals surface area contributed by atoms with E-state index in [-0.39, 0.29) is 36.6 Å². The monoisotopic (exact) mass is 550 g/mol. The Labute approximate surface area is 236 Å². The van der Waals surface area contributed by atoms with Gasteiger partial charge in [0, 0.05) is 25.6 Å². The molecule has 0 amide bonds. The van der Waals surface area contributed by atoms with Gasteiger partial charge in [-0.3, -0.25) is 0 Å². The number of benzene rings is 3. The Morgan fingerprint density at radius 2 is 1.18 bits per heavy atom. The van der Waals surface area contributed by atoms with Crippen LogP contribution in [0.25, 0.3) is 0 Å². The zero-order valence-corrected chi connectivity index (χ0v) is 25.5. The molecular formula is C33H46O5Si. The van der Waals surface area contributed by atoms with Crippen molar-refractivity contribution in [2.24, 2.45) is 11.8 Å². The predicted molar refractivity (Wildman–Crippen MR) is 161 cm³/mol. The first-order valence-electron chi connectivity index (χ1n) is 13.8. The Hall–Kier alpha value is -2.32. The second-order valence-corrected chi connectivity index (χ2v) is 15.6. The van der Waals surface area contributed by atoms with Gasteiger partial charge in [0.25, 0.3) is 8.32 Å². The standard InChI is InChI=1S/C33H46O5Si/c1-27(22-35-26-36-24-29-16-10-7-11-17-29)32(37-25-34-6)28(2)23-38-39(33(3,4)5,30-18-12-8-13-19-30)31-20-14-9-15-21-31/h7-21,27-28,32H,22-26H2,1-6H3/t27-,28-,32+/m0/s1. The maximum atomic E-state index is 7.18. The van der Waals surface area contributed by atoms with Crippen molar-refractivity contribution in [2.45, 2.75) is 52.4 Å². The quantitative estimate of drug-likeness (QED) is 0.124. The molecule has 0 aliphatic heterocycles. The number of hydrogen-bond donors (Lipinski definition) is 0. The second kappa shape index (κ2) is 15.5. The molecular weight excluding hydrogens is 504 g/mol. The zero-order chi connectivity index (χ0) is 28.1.